The molecular formula is C22H26N4O. The van der Waals surface area contributed by atoms with Gasteiger partial charge < -0.3 is 20.1 Å². The largest absolute Gasteiger partial charge is 0.368 e. The standard InChI is InChI=1S/C22H26N4O/c1-16(17-7-4-3-5-8-17)23-22(27)20-15-18-19(24-20)9-6-10-21(18)26-13-11-25(2)12-14-26/h3-10,15-16,24H,11-14H2,1-2H3,(H,23,27)/t16-/m0/s1. The minimum Gasteiger partial charge on any atom is -0.368 e. The molecule has 0 aliphatic carbocycles. The highest BCUT2D eigenvalue weighted by Crippen LogP contribution is 2.28. The maximum Gasteiger partial charge on any atom is 0.268 e. The summed E-state index contributed by atoms with van der Waals surface area (Å²) in [6.45, 7) is 6.14. The van der Waals surface area contributed by atoms with Gasteiger partial charge in [-0.15, -0.1) is 0 Å². The van der Waals surface area contributed by atoms with Gasteiger partial charge in [0.05, 0.1) is 6.04 Å². The van der Waals surface area contributed by atoms with Crippen molar-refractivity contribution in [2.24, 2.45) is 0 Å². The van der Waals surface area contributed by atoms with Gasteiger partial charge in [0.1, 0.15) is 5.69 Å². The topological polar surface area (TPSA) is 51.4 Å². The fraction of sp³-hybridized carbons (Fsp3) is 0.318. The van der Waals surface area contributed by atoms with Gasteiger partial charge in [-0.1, -0.05) is 36.4 Å². The number of aromatic nitrogens is 1. The number of hydrogen-bond acceptors (Lipinski definition) is 3. The summed E-state index contributed by atoms with van der Waals surface area (Å²) in [6, 6.07) is 18.2. The number of piperazine rings is 1. The quantitative estimate of drug-likeness (QED) is 0.748. The Morgan fingerprint density at radius 1 is 1.04 bits per heavy atom. The molecule has 3 aromatic rings. The summed E-state index contributed by atoms with van der Waals surface area (Å²) in [5.74, 6) is -0.0770. The van der Waals surface area contributed by atoms with E-state index >= 15 is 0 Å². The smallest absolute Gasteiger partial charge is 0.268 e. The molecule has 2 heterocycles. The molecule has 0 saturated carbocycles. The first-order valence-corrected chi connectivity index (χ1v) is 9.53. The molecule has 0 spiro atoms. The van der Waals surface area contributed by atoms with E-state index < -0.39 is 0 Å². The summed E-state index contributed by atoms with van der Waals surface area (Å²) >= 11 is 0. The van der Waals surface area contributed by atoms with E-state index in [1.54, 1.807) is 0 Å². The Kier molecular flexibility index (Phi) is 4.86. The van der Waals surface area contributed by atoms with E-state index in [-0.39, 0.29) is 11.9 Å². The van der Waals surface area contributed by atoms with E-state index in [4.69, 9.17) is 0 Å². The number of carbonyl (C=O) groups excluding carboxylic acids is 1. The van der Waals surface area contributed by atoms with E-state index in [1.165, 1.54) is 5.69 Å². The van der Waals surface area contributed by atoms with Crippen molar-refractivity contribution in [1.29, 1.82) is 0 Å². The third kappa shape index (κ3) is 3.69. The van der Waals surface area contributed by atoms with Gasteiger partial charge in [-0.05, 0) is 37.7 Å². The van der Waals surface area contributed by atoms with Crippen LogP contribution in [0.15, 0.2) is 54.6 Å². The second-order valence-corrected chi connectivity index (χ2v) is 7.32. The van der Waals surface area contributed by atoms with Crippen molar-refractivity contribution >= 4 is 22.5 Å². The van der Waals surface area contributed by atoms with Crippen LogP contribution in [-0.4, -0.2) is 49.0 Å². The molecule has 0 bridgehead atoms. The summed E-state index contributed by atoms with van der Waals surface area (Å²) in [6.07, 6.45) is 0. The Bertz CT molecular complexity index is 926. The van der Waals surface area contributed by atoms with Crippen LogP contribution in [-0.2, 0) is 0 Å². The average molecular weight is 362 g/mol. The highest BCUT2D eigenvalue weighted by Gasteiger charge is 2.19. The van der Waals surface area contributed by atoms with Gasteiger partial charge in [-0.2, -0.15) is 0 Å². The molecule has 27 heavy (non-hydrogen) atoms. The number of carbonyl (C=O) groups is 1. The number of rotatable bonds is 4. The minimum absolute atomic E-state index is 0.0396. The Labute approximate surface area is 160 Å². The molecule has 1 aliphatic heterocycles. The lowest BCUT2D eigenvalue weighted by Crippen LogP contribution is -2.44. The summed E-state index contributed by atoms with van der Waals surface area (Å²) in [7, 11) is 2.16. The average Bonchev–Trinajstić information content (AvgIpc) is 3.14. The Morgan fingerprint density at radius 3 is 2.52 bits per heavy atom. The molecule has 1 aliphatic rings. The molecule has 1 aromatic heterocycles. The molecule has 1 saturated heterocycles. The molecule has 5 heteroatoms. The monoisotopic (exact) mass is 362 g/mol. The van der Waals surface area contributed by atoms with Gasteiger partial charge in [0.2, 0.25) is 0 Å². The maximum atomic E-state index is 12.8. The van der Waals surface area contributed by atoms with Crippen LogP contribution < -0.4 is 10.2 Å². The van der Waals surface area contributed by atoms with Crippen molar-refractivity contribution in [3.05, 3.63) is 65.9 Å². The molecule has 140 valence electrons. The molecule has 4 rings (SSSR count). The number of benzene rings is 2. The van der Waals surface area contributed by atoms with Crippen LogP contribution in [0.1, 0.15) is 29.0 Å². The van der Waals surface area contributed by atoms with Crippen LogP contribution >= 0.6 is 0 Å². The fourth-order valence-corrected chi connectivity index (χ4v) is 3.68. The number of amides is 1. The van der Waals surface area contributed by atoms with Crippen LogP contribution in [0.25, 0.3) is 10.9 Å². The van der Waals surface area contributed by atoms with Gasteiger partial charge in [-0.3, -0.25) is 4.79 Å². The van der Waals surface area contributed by atoms with Crippen molar-refractivity contribution < 1.29 is 4.79 Å². The summed E-state index contributed by atoms with van der Waals surface area (Å²) in [4.78, 5) is 20.8. The third-order valence-electron chi connectivity index (χ3n) is 5.38. The van der Waals surface area contributed by atoms with Crippen LogP contribution in [0, 0.1) is 0 Å². The molecule has 1 atom stereocenters. The van der Waals surface area contributed by atoms with Crippen molar-refractivity contribution in [3.8, 4) is 0 Å². The van der Waals surface area contributed by atoms with Crippen molar-refractivity contribution in [2.45, 2.75) is 13.0 Å². The second kappa shape index (κ2) is 7.45. The zero-order chi connectivity index (χ0) is 18.8. The Morgan fingerprint density at radius 2 is 1.78 bits per heavy atom. The Hall–Kier alpha value is -2.79. The lowest BCUT2D eigenvalue weighted by atomic mass is 10.1. The number of hydrogen-bond donors (Lipinski definition) is 2. The third-order valence-corrected chi connectivity index (χ3v) is 5.38. The van der Waals surface area contributed by atoms with Gasteiger partial charge in [0, 0.05) is 42.8 Å². The number of anilines is 1. The number of nitrogens with zero attached hydrogens (tertiary/aromatic N) is 2. The van der Waals surface area contributed by atoms with Crippen LogP contribution in [0.3, 0.4) is 0 Å². The maximum absolute atomic E-state index is 12.8. The fourth-order valence-electron chi connectivity index (χ4n) is 3.68. The van der Waals surface area contributed by atoms with E-state index in [0.29, 0.717) is 5.69 Å². The second-order valence-electron chi connectivity index (χ2n) is 7.32. The minimum atomic E-state index is -0.0770. The van der Waals surface area contributed by atoms with E-state index in [0.717, 1.165) is 42.6 Å². The van der Waals surface area contributed by atoms with Crippen molar-refractivity contribution in [2.75, 3.05) is 38.1 Å². The highest BCUT2D eigenvalue weighted by atomic mass is 16.1. The van der Waals surface area contributed by atoms with Crippen molar-refractivity contribution in [3.63, 3.8) is 0 Å². The van der Waals surface area contributed by atoms with Crippen molar-refractivity contribution in [1.82, 2.24) is 15.2 Å². The molecule has 2 aromatic carbocycles. The molecule has 1 amide bonds. The number of aromatic amines is 1. The van der Waals surface area contributed by atoms with Crippen LogP contribution in [0.2, 0.25) is 0 Å². The first-order valence-electron chi connectivity index (χ1n) is 9.53. The summed E-state index contributed by atoms with van der Waals surface area (Å²) in [5.41, 5.74) is 3.91. The summed E-state index contributed by atoms with van der Waals surface area (Å²) in [5, 5.41) is 4.20. The lowest BCUT2D eigenvalue weighted by Gasteiger charge is -2.34. The van der Waals surface area contributed by atoms with Gasteiger partial charge in [-0.25, -0.2) is 0 Å². The number of fused-ring (bicyclic) bond motifs is 1. The van der Waals surface area contributed by atoms with Crippen LogP contribution in [0.5, 0.6) is 0 Å². The lowest BCUT2D eigenvalue weighted by molar-refractivity contribution is 0.0935. The SMILES string of the molecule is C[C@H](NC(=O)c1cc2c(N3CCN(C)CC3)cccc2[nH]1)c1ccccc1. The predicted octanol–water partition coefficient (Wildman–Crippen LogP) is 3.41. The van der Waals surface area contributed by atoms with E-state index in [1.807, 2.05) is 49.4 Å². The van der Waals surface area contributed by atoms with Crippen LogP contribution in [0.4, 0.5) is 5.69 Å². The number of likely N-dealkylation sites (N-methyl/N-ethyl adjacent to an activating group) is 1. The number of nitrogens with one attached hydrogen (secondary N) is 2. The van der Waals surface area contributed by atoms with Gasteiger partial charge in [0.25, 0.3) is 5.91 Å². The zero-order valence-electron chi connectivity index (χ0n) is 15.9. The Balaban J connectivity index is 1.56. The molecule has 0 radical (unpaired) electrons. The first kappa shape index (κ1) is 17.6. The zero-order valence-corrected chi connectivity index (χ0v) is 15.9. The van der Waals surface area contributed by atoms with E-state index in [2.05, 4.69) is 39.3 Å². The van der Waals surface area contributed by atoms with E-state index in [9.17, 15) is 4.79 Å². The van der Waals surface area contributed by atoms with Gasteiger partial charge in [0.15, 0.2) is 0 Å². The van der Waals surface area contributed by atoms with Gasteiger partial charge >= 0.3 is 0 Å². The molecule has 5 nitrogen and oxygen atoms in total. The molecule has 0 unspecified atom stereocenters. The molecular weight excluding hydrogens is 336 g/mol. The summed E-state index contributed by atoms with van der Waals surface area (Å²) < 4.78 is 0. The highest BCUT2D eigenvalue weighted by molar-refractivity contribution is 6.02. The predicted molar refractivity (Wildman–Crippen MR) is 110 cm³/mol. The molecule has 2 N–H and O–H groups in total. The number of H-pyrrole nitrogens is 1. The first-order chi connectivity index (χ1) is 13.1. The molecule has 1 fully saturated rings. The normalized spacial score (nSPS) is 16.4.